The standard InChI is InChI=1S/C37H72O13/c1-10-19-26-30-40-34(35(41-12-3,42-13-4)43-14-5)49-32(38)28-24-22-21-23-25-29-33(39)50-37(47-18-9,48-31-27-20-11-2)36(44-15-6,45-16-7)46-17-8/h34H,10-31H2,1-9H3. The Morgan fingerprint density at radius 3 is 1.32 bits per heavy atom. The molecule has 13 nitrogen and oxygen atoms in total. The van der Waals surface area contributed by atoms with Gasteiger partial charge >= 0.3 is 29.9 Å². The minimum atomic E-state index is -2.05. The molecule has 2 atom stereocenters. The van der Waals surface area contributed by atoms with Crippen LogP contribution >= 0.6 is 0 Å². The second-order valence-electron chi connectivity index (χ2n) is 11.4. The van der Waals surface area contributed by atoms with Gasteiger partial charge in [-0.2, -0.15) is 0 Å². The maximum absolute atomic E-state index is 13.2. The maximum Gasteiger partial charge on any atom is 0.416 e. The minimum Gasteiger partial charge on any atom is -0.427 e. The highest BCUT2D eigenvalue weighted by Crippen LogP contribution is 2.37. The van der Waals surface area contributed by atoms with E-state index in [-0.39, 0.29) is 65.7 Å². The van der Waals surface area contributed by atoms with Crippen molar-refractivity contribution in [2.75, 3.05) is 59.5 Å². The number of hydrogen-bond acceptors (Lipinski definition) is 13. The van der Waals surface area contributed by atoms with Crippen LogP contribution in [0.15, 0.2) is 0 Å². The van der Waals surface area contributed by atoms with Crippen molar-refractivity contribution in [1.29, 1.82) is 0 Å². The van der Waals surface area contributed by atoms with Gasteiger partial charge in [0.1, 0.15) is 0 Å². The van der Waals surface area contributed by atoms with Crippen LogP contribution in [0.4, 0.5) is 0 Å². The zero-order valence-electron chi connectivity index (χ0n) is 32.9. The van der Waals surface area contributed by atoms with Crippen molar-refractivity contribution in [1.82, 2.24) is 0 Å². The molecule has 0 saturated carbocycles. The lowest BCUT2D eigenvalue weighted by molar-refractivity contribution is -0.550. The molecular formula is C37H72O13. The first-order valence-electron chi connectivity index (χ1n) is 19.3. The van der Waals surface area contributed by atoms with Crippen LogP contribution in [0.25, 0.3) is 0 Å². The normalized spacial score (nSPS) is 14.0. The van der Waals surface area contributed by atoms with Crippen LogP contribution in [-0.4, -0.2) is 95.6 Å². The summed E-state index contributed by atoms with van der Waals surface area (Å²) < 4.78 is 65.1. The molecule has 2 unspecified atom stereocenters. The van der Waals surface area contributed by atoms with Crippen molar-refractivity contribution >= 4 is 11.9 Å². The Kier molecular flexibility index (Phi) is 29.2. The molecule has 0 aromatic heterocycles. The second-order valence-corrected chi connectivity index (χ2v) is 11.4. The van der Waals surface area contributed by atoms with Gasteiger partial charge in [0, 0.05) is 52.5 Å². The molecule has 0 N–H and O–H groups in total. The lowest BCUT2D eigenvalue weighted by Gasteiger charge is -2.44. The van der Waals surface area contributed by atoms with Crippen LogP contribution in [0.1, 0.15) is 146 Å². The molecule has 0 amide bonds. The highest BCUT2D eigenvalue weighted by Gasteiger charge is 2.63. The molecule has 0 radical (unpaired) electrons. The number of hydrogen-bond donors (Lipinski definition) is 0. The third-order valence-corrected chi connectivity index (χ3v) is 7.34. The molecule has 0 fully saturated rings. The summed E-state index contributed by atoms with van der Waals surface area (Å²) in [4.78, 5) is 26.2. The summed E-state index contributed by atoms with van der Waals surface area (Å²) in [5, 5.41) is 0. The molecule has 298 valence electrons. The molecule has 0 heterocycles. The largest absolute Gasteiger partial charge is 0.427 e. The van der Waals surface area contributed by atoms with E-state index in [0.717, 1.165) is 57.8 Å². The number of carbonyl (C=O) groups excluding carboxylic acids is 2. The summed E-state index contributed by atoms with van der Waals surface area (Å²) in [7, 11) is 0. The SMILES string of the molecule is CCCCCOC(OC(=O)CCCCCCCC(=O)OC(OCC)(OCCCCC)C(OCC)(OCC)OCC)C(OCC)(OCC)OCC. The third kappa shape index (κ3) is 17.9. The van der Waals surface area contributed by atoms with Gasteiger partial charge < -0.3 is 52.1 Å². The van der Waals surface area contributed by atoms with Crippen LogP contribution in [0.2, 0.25) is 0 Å². The molecule has 50 heavy (non-hydrogen) atoms. The van der Waals surface area contributed by atoms with E-state index in [2.05, 4.69) is 13.8 Å². The van der Waals surface area contributed by atoms with Gasteiger partial charge in [-0.15, -0.1) is 0 Å². The summed E-state index contributed by atoms with van der Waals surface area (Å²) in [5.41, 5.74) is 0. The predicted molar refractivity (Wildman–Crippen MR) is 189 cm³/mol. The Morgan fingerprint density at radius 1 is 0.440 bits per heavy atom. The monoisotopic (exact) mass is 724 g/mol. The summed E-state index contributed by atoms with van der Waals surface area (Å²) in [5.74, 6) is -6.53. The molecule has 0 aromatic carbocycles. The van der Waals surface area contributed by atoms with Gasteiger partial charge in [-0.05, 0) is 74.1 Å². The Bertz CT molecular complexity index is 793. The van der Waals surface area contributed by atoms with Crippen LogP contribution in [-0.2, 0) is 61.7 Å². The zero-order valence-corrected chi connectivity index (χ0v) is 32.9. The van der Waals surface area contributed by atoms with E-state index in [1.807, 2.05) is 20.8 Å². The summed E-state index contributed by atoms with van der Waals surface area (Å²) in [6.07, 6.45) is 8.14. The number of esters is 2. The Balaban J connectivity index is 5.27. The third-order valence-electron chi connectivity index (χ3n) is 7.34. The quantitative estimate of drug-likeness (QED) is 0.0354. The lowest BCUT2D eigenvalue weighted by Crippen LogP contribution is -2.65. The highest BCUT2D eigenvalue weighted by atomic mass is 17.0. The van der Waals surface area contributed by atoms with Gasteiger partial charge in [0.25, 0.3) is 6.29 Å². The highest BCUT2D eigenvalue weighted by molar-refractivity contribution is 5.70. The fourth-order valence-corrected chi connectivity index (χ4v) is 5.18. The first-order valence-corrected chi connectivity index (χ1v) is 19.3. The average Bonchev–Trinajstić information content (AvgIpc) is 3.08. The first kappa shape index (κ1) is 48.6. The summed E-state index contributed by atoms with van der Waals surface area (Å²) >= 11 is 0. The van der Waals surface area contributed by atoms with E-state index in [0.29, 0.717) is 19.4 Å². The summed E-state index contributed by atoms with van der Waals surface area (Å²) in [6.45, 7) is 19.0. The maximum atomic E-state index is 13.2. The van der Waals surface area contributed by atoms with E-state index in [4.69, 9.17) is 52.1 Å². The number of unbranched alkanes of at least 4 members (excludes halogenated alkanes) is 8. The predicted octanol–water partition coefficient (Wildman–Crippen LogP) is 7.76. The van der Waals surface area contributed by atoms with Crippen molar-refractivity contribution in [2.45, 2.75) is 170 Å². The smallest absolute Gasteiger partial charge is 0.416 e. The average molecular weight is 725 g/mol. The van der Waals surface area contributed by atoms with Crippen molar-refractivity contribution in [3.8, 4) is 0 Å². The zero-order chi connectivity index (χ0) is 37.6. The Labute approximate surface area is 302 Å². The van der Waals surface area contributed by atoms with Gasteiger partial charge in [0.05, 0.1) is 19.8 Å². The van der Waals surface area contributed by atoms with Crippen molar-refractivity contribution in [2.24, 2.45) is 0 Å². The molecule has 0 bridgehead atoms. The van der Waals surface area contributed by atoms with Gasteiger partial charge in [-0.1, -0.05) is 58.8 Å². The first-order chi connectivity index (χ1) is 24.2. The molecule has 0 aliphatic heterocycles. The van der Waals surface area contributed by atoms with Crippen LogP contribution < -0.4 is 0 Å². The lowest BCUT2D eigenvalue weighted by atomic mass is 10.1. The van der Waals surface area contributed by atoms with Gasteiger partial charge in [0.2, 0.25) is 0 Å². The van der Waals surface area contributed by atoms with Crippen LogP contribution in [0.3, 0.4) is 0 Å². The van der Waals surface area contributed by atoms with E-state index in [1.165, 1.54) is 0 Å². The molecule has 13 heteroatoms. The van der Waals surface area contributed by atoms with Crippen LogP contribution in [0.5, 0.6) is 0 Å². The fourth-order valence-electron chi connectivity index (χ4n) is 5.18. The van der Waals surface area contributed by atoms with Crippen molar-refractivity contribution in [3.63, 3.8) is 0 Å². The van der Waals surface area contributed by atoms with Crippen molar-refractivity contribution in [3.05, 3.63) is 0 Å². The van der Waals surface area contributed by atoms with E-state index in [9.17, 15) is 9.59 Å². The molecule has 0 rings (SSSR count). The topological polar surface area (TPSA) is 136 Å². The summed E-state index contributed by atoms with van der Waals surface area (Å²) in [6, 6.07) is 0. The Morgan fingerprint density at radius 2 is 0.860 bits per heavy atom. The molecule has 0 spiro atoms. The number of rotatable bonds is 36. The van der Waals surface area contributed by atoms with E-state index < -0.39 is 36.1 Å². The second kappa shape index (κ2) is 30.1. The minimum absolute atomic E-state index is 0.126. The Hall–Kier alpha value is -1.42. The molecular weight excluding hydrogens is 652 g/mol. The number of ether oxygens (including phenoxy) is 11. The van der Waals surface area contributed by atoms with Gasteiger partial charge in [0.15, 0.2) is 0 Å². The van der Waals surface area contributed by atoms with Gasteiger partial charge in [-0.25, -0.2) is 0 Å². The molecule has 0 aromatic rings. The number of carbonyl (C=O) groups is 2. The van der Waals surface area contributed by atoms with Crippen LogP contribution in [0, 0.1) is 0 Å². The fraction of sp³-hybridized carbons (Fsp3) is 0.946. The van der Waals surface area contributed by atoms with E-state index >= 15 is 0 Å². The molecule has 0 saturated heterocycles. The van der Waals surface area contributed by atoms with E-state index in [1.54, 1.807) is 27.7 Å². The van der Waals surface area contributed by atoms with Crippen molar-refractivity contribution < 1.29 is 61.7 Å². The molecule has 0 aliphatic carbocycles. The molecule has 0 aliphatic rings. The van der Waals surface area contributed by atoms with Gasteiger partial charge in [-0.3, -0.25) is 9.59 Å².